The molecular formula is C42H29Cl2F9N4O6. The van der Waals surface area contributed by atoms with Crippen LogP contribution in [0.1, 0.15) is 46.6 Å². The van der Waals surface area contributed by atoms with E-state index in [0.29, 0.717) is 27.7 Å². The van der Waals surface area contributed by atoms with E-state index in [0.717, 1.165) is 0 Å². The van der Waals surface area contributed by atoms with Gasteiger partial charge in [-0.3, -0.25) is 24.6 Å². The standard InChI is InChI=1S/C42H29Cl2F9N4O6/c43-23-7-5-19(6-8-23)39-29(36(60)57(38(39)62)55-34-30(44)16-22(18-54-34)42(51,52)53)17-28-25(33(39)26-3-1-2-4-31(26)63-12-11-58)9-10-27-32(28)37(61)56(35(27)59)24-14-20(40(45,46)47)13-21(15-24)41(48,49)50/h1-9,13-16,18,27-29,32-33,58H,10-12,17H2,(H,54,55). The van der Waals surface area contributed by atoms with E-state index in [1.165, 1.54) is 30.3 Å². The number of allylic oxidation sites excluding steroid dienone is 2. The molecule has 330 valence electrons. The molecule has 6 unspecified atom stereocenters. The molecular weight excluding hydrogens is 898 g/mol. The fourth-order valence-electron chi connectivity index (χ4n) is 9.46. The number of amides is 4. The number of nitrogens with zero attached hydrogens (tertiary/aromatic N) is 3. The SMILES string of the molecule is O=C1C2CC3C(=CCC4C(=O)N(c5cc(C(F)(F)F)cc(C(F)(F)F)c5)C(=O)C43)C(c3ccccc3OCCO)C2(c2ccc(Cl)cc2)C(=O)N1Nc1ncc(C(F)(F)F)cc1Cl. The molecule has 6 atom stereocenters. The van der Waals surface area contributed by atoms with Crippen LogP contribution in [-0.4, -0.2) is 51.9 Å². The van der Waals surface area contributed by atoms with Gasteiger partial charge in [0.25, 0.3) is 11.8 Å². The van der Waals surface area contributed by atoms with Crippen molar-refractivity contribution in [3.63, 3.8) is 0 Å². The van der Waals surface area contributed by atoms with Gasteiger partial charge in [-0.2, -0.15) is 44.5 Å². The maximum atomic E-state index is 15.4. The molecule has 0 bridgehead atoms. The summed E-state index contributed by atoms with van der Waals surface area (Å²) < 4.78 is 130. The van der Waals surface area contributed by atoms with Crippen molar-refractivity contribution in [3.05, 3.63) is 129 Å². The minimum absolute atomic E-state index is 0.102. The Hall–Kier alpha value is -5.66. The number of hydrogen-bond donors (Lipinski definition) is 2. The molecule has 21 heteroatoms. The molecule has 10 nitrogen and oxygen atoms in total. The Bertz CT molecular complexity index is 2550. The molecule has 3 heterocycles. The molecule has 1 aromatic heterocycles. The zero-order chi connectivity index (χ0) is 45.6. The third-order valence-electron chi connectivity index (χ3n) is 12.0. The summed E-state index contributed by atoms with van der Waals surface area (Å²) in [6.45, 7) is -0.723. The molecule has 63 heavy (non-hydrogen) atoms. The Labute approximate surface area is 360 Å². The van der Waals surface area contributed by atoms with Crippen molar-refractivity contribution in [1.29, 1.82) is 0 Å². The highest BCUT2D eigenvalue weighted by atomic mass is 35.5. The van der Waals surface area contributed by atoms with E-state index in [2.05, 4.69) is 10.4 Å². The van der Waals surface area contributed by atoms with Crippen LogP contribution in [-0.2, 0) is 43.1 Å². The molecule has 2 aliphatic carbocycles. The van der Waals surface area contributed by atoms with Gasteiger partial charge in [-0.1, -0.05) is 65.2 Å². The smallest absolute Gasteiger partial charge is 0.417 e. The number of ether oxygens (including phenoxy) is 1. The van der Waals surface area contributed by atoms with Crippen molar-refractivity contribution in [1.82, 2.24) is 9.99 Å². The average molecular weight is 928 g/mol. The number of hydrogen-bond acceptors (Lipinski definition) is 8. The second-order valence-electron chi connectivity index (χ2n) is 15.3. The lowest BCUT2D eigenvalue weighted by Crippen LogP contribution is -2.53. The van der Waals surface area contributed by atoms with Gasteiger partial charge < -0.3 is 9.84 Å². The summed E-state index contributed by atoms with van der Waals surface area (Å²) in [6.07, 6.45) is -14.2. The van der Waals surface area contributed by atoms with Gasteiger partial charge in [0.2, 0.25) is 11.8 Å². The predicted molar refractivity (Wildman–Crippen MR) is 205 cm³/mol. The lowest BCUT2D eigenvalue weighted by atomic mass is 9.49. The number of anilines is 2. The molecule has 4 amide bonds. The number of alkyl halides is 9. The third-order valence-corrected chi connectivity index (χ3v) is 12.5. The third kappa shape index (κ3) is 7.26. The van der Waals surface area contributed by atoms with Crippen LogP contribution in [0.5, 0.6) is 5.75 Å². The lowest BCUT2D eigenvalue weighted by molar-refractivity contribution is -0.143. The van der Waals surface area contributed by atoms with E-state index in [4.69, 9.17) is 27.9 Å². The minimum Gasteiger partial charge on any atom is -0.491 e. The first kappa shape index (κ1) is 44.0. The highest BCUT2D eigenvalue weighted by Crippen LogP contribution is 2.65. The number of rotatable bonds is 8. The summed E-state index contributed by atoms with van der Waals surface area (Å²) >= 11 is 12.5. The van der Waals surface area contributed by atoms with Crippen molar-refractivity contribution in [2.24, 2.45) is 23.7 Å². The monoisotopic (exact) mass is 926 g/mol. The number of imide groups is 2. The number of benzene rings is 3. The van der Waals surface area contributed by atoms with Crippen molar-refractivity contribution in [3.8, 4) is 5.75 Å². The van der Waals surface area contributed by atoms with Crippen molar-refractivity contribution in [2.75, 3.05) is 23.5 Å². The van der Waals surface area contributed by atoms with Crippen molar-refractivity contribution in [2.45, 2.75) is 42.7 Å². The van der Waals surface area contributed by atoms with Crippen LogP contribution in [0.3, 0.4) is 0 Å². The first-order valence-corrected chi connectivity index (χ1v) is 19.7. The number of carbonyl (C=O) groups excluding carboxylic acids is 4. The second kappa shape index (κ2) is 15.5. The maximum Gasteiger partial charge on any atom is 0.417 e. The first-order valence-electron chi connectivity index (χ1n) is 18.9. The zero-order valence-corrected chi connectivity index (χ0v) is 33.3. The summed E-state index contributed by atoms with van der Waals surface area (Å²) in [5.74, 6) is -11.4. The predicted octanol–water partition coefficient (Wildman–Crippen LogP) is 9.01. The number of aromatic nitrogens is 1. The highest BCUT2D eigenvalue weighted by molar-refractivity contribution is 6.33. The first-order chi connectivity index (χ1) is 29.6. The van der Waals surface area contributed by atoms with Gasteiger partial charge in [-0.05, 0) is 66.8 Å². The van der Waals surface area contributed by atoms with Crippen LogP contribution >= 0.6 is 23.2 Å². The van der Waals surface area contributed by atoms with Crippen LogP contribution in [0, 0.1) is 23.7 Å². The van der Waals surface area contributed by atoms with Crippen LogP contribution < -0.4 is 15.1 Å². The minimum atomic E-state index is -5.31. The van der Waals surface area contributed by atoms with E-state index >= 15 is 4.79 Å². The molecule has 3 fully saturated rings. The van der Waals surface area contributed by atoms with Gasteiger partial charge in [-0.25, -0.2) is 9.88 Å². The van der Waals surface area contributed by atoms with Crippen LogP contribution in [0.25, 0.3) is 0 Å². The summed E-state index contributed by atoms with van der Waals surface area (Å²) in [6, 6.07) is 12.9. The molecule has 2 aliphatic heterocycles. The molecule has 4 aromatic rings. The van der Waals surface area contributed by atoms with E-state index in [1.807, 2.05) is 0 Å². The summed E-state index contributed by atoms with van der Waals surface area (Å²) in [7, 11) is 0. The van der Waals surface area contributed by atoms with Gasteiger partial charge >= 0.3 is 18.5 Å². The molecule has 0 radical (unpaired) electrons. The van der Waals surface area contributed by atoms with Crippen molar-refractivity contribution < 1.29 is 68.5 Å². The van der Waals surface area contributed by atoms with Gasteiger partial charge in [0.05, 0.1) is 57.2 Å². The topological polar surface area (TPSA) is 129 Å². The number of para-hydroxylation sites is 1. The Balaban J connectivity index is 1.31. The normalized spacial score (nSPS) is 24.9. The number of aliphatic hydroxyl groups excluding tert-OH is 1. The molecule has 2 saturated heterocycles. The average Bonchev–Trinajstić information content (AvgIpc) is 3.60. The quantitative estimate of drug-likeness (QED) is 0.102. The Kier molecular flexibility index (Phi) is 10.9. The number of pyridine rings is 1. The van der Waals surface area contributed by atoms with Gasteiger partial charge in [0, 0.05) is 22.7 Å². The molecule has 0 spiro atoms. The summed E-state index contributed by atoms with van der Waals surface area (Å²) in [4.78, 5) is 63.1. The number of nitrogens with one attached hydrogen (secondary N) is 1. The number of halogens is 11. The lowest BCUT2D eigenvalue weighted by Gasteiger charge is -2.50. The Morgan fingerprint density at radius 3 is 2.03 bits per heavy atom. The number of fused-ring (bicyclic) bond motifs is 4. The van der Waals surface area contributed by atoms with Crippen LogP contribution in [0.15, 0.2) is 90.6 Å². The largest absolute Gasteiger partial charge is 0.491 e. The van der Waals surface area contributed by atoms with Crippen LogP contribution in [0.4, 0.5) is 51.0 Å². The van der Waals surface area contributed by atoms with E-state index < -0.39 is 123 Å². The number of carbonyl (C=O) groups is 4. The number of aliphatic hydroxyl groups is 1. The Morgan fingerprint density at radius 1 is 0.794 bits per heavy atom. The molecule has 4 aliphatic rings. The van der Waals surface area contributed by atoms with E-state index in [1.54, 1.807) is 24.3 Å². The fourth-order valence-corrected chi connectivity index (χ4v) is 9.79. The van der Waals surface area contributed by atoms with Crippen molar-refractivity contribution >= 4 is 58.3 Å². The summed E-state index contributed by atoms with van der Waals surface area (Å²) in [5, 5.41) is 9.84. The molecule has 8 rings (SSSR count). The van der Waals surface area contributed by atoms with E-state index in [9.17, 15) is 59.0 Å². The fraction of sp³-hybridized carbons (Fsp3) is 0.310. The van der Waals surface area contributed by atoms with Gasteiger partial charge in [0.15, 0.2) is 5.82 Å². The number of hydrazine groups is 1. The van der Waals surface area contributed by atoms with E-state index in [-0.39, 0.29) is 53.1 Å². The Morgan fingerprint density at radius 2 is 1.43 bits per heavy atom. The second-order valence-corrected chi connectivity index (χ2v) is 16.1. The molecule has 1 saturated carbocycles. The highest BCUT2D eigenvalue weighted by Gasteiger charge is 2.71. The van der Waals surface area contributed by atoms with Gasteiger partial charge in [0.1, 0.15) is 12.4 Å². The molecule has 3 aromatic carbocycles. The van der Waals surface area contributed by atoms with Gasteiger partial charge in [-0.15, -0.1) is 0 Å². The summed E-state index contributed by atoms with van der Waals surface area (Å²) in [5.41, 5.74) is -4.58. The van der Waals surface area contributed by atoms with Crippen LogP contribution in [0.2, 0.25) is 10.0 Å². The molecule has 2 N–H and O–H groups in total. The maximum absolute atomic E-state index is 15.4. The zero-order valence-electron chi connectivity index (χ0n) is 31.8.